The second-order valence-electron chi connectivity index (χ2n) is 7.25. The normalized spacial score (nSPS) is 10.9. The number of amides is 2. The van der Waals surface area contributed by atoms with Crippen molar-refractivity contribution in [2.75, 3.05) is 17.7 Å². The van der Waals surface area contributed by atoms with Gasteiger partial charge in [0.05, 0.1) is 29.9 Å². The number of methoxy groups -OCH3 is 1. The highest BCUT2D eigenvalue weighted by atomic mass is 35.5. The summed E-state index contributed by atoms with van der Waals surface area (Å²) in [6, 6.07) is 14.6. The largest absolute Gasteiger partial charge is 0.494 e. The Bertz CT molecular complexity index is 1310. The Morgan fingerprint density at radius 3 is 2.56 bits per heavy atom. The van der Waals surface area contributed by atoms with Crippen LogP contribution in [0, 0.1) is 6.92 Å². The standard InChI is InChI=1S/C23H21ClN4O3S/c1-13-18-11-21(32-23(18)28(27-13)12-15-4-6-16(24)7-5-15)22(30)26-17-8-9-19(25-14(2)29)20(10-17)31-3/h4-11H,12H2,1-3H3,(H,25,29)(H,26,30). The number of halogens is 1. The molecule has 0 aliphatic rings. The van der Waals surface area contributed by atoms with Crippen molar-refractivity contribution in [3.05, 3.63) is 69.7 Å². The van der Waals surface area contributed by atoms with Gasteiger partial charge in [-0.25, -0.2) is 0 Å². The molecular weight excluding hydrogens is 448 g/mol. The van der Waals surface area contributed by atoms with Crippen LogP contribution < -0.4 is 15.4 Å². The molecular formula is C23H21ClN4O3S. The maximum absolute atomic E-state index is 12.9. The Hall–Kier alpha value is -3.36. The minimum absolute atomic E-state index is 0.201. The zero-order chi connectivity index (χ0) is 22.8. The highest BCUT2D eigenvalue weighted by molar-refractivity contribution is 7.20. The van der Waals surface area contributed by atoms with E-state index in [-0.39, 0.29) is 11.8 Å². The van der Waals surface area contributed by atoms with E-state index in [0.29, 0.717) is 33.6 Å². The SMILES string of the molecule is COc1cc(NC(=O)c2cc3c(C)nn(Cc4ccc(Cl)cc4)c3s2)ccc1NC(C)=O. The molecule has 2 heterocycles. The van der Waals surface area contributed by atoms with Crippen LogP contribution in [0.4, 0.5) is 11.4 Å². The molecule has 2 aromatic heterocycles. The fourth-order valence-corrected chi connectivity index (χ4v) is 4.53. The van der Waals surface area contributed by atoms with Crippen LogP contribution in [0.5, 0.6) is 5.75 Å². The summed E-state index contributed by atoms with van der Waals surface area (Å²) in [6.45, 7) is 3.94. The number of aryl methyl sites for hydroxylation is 1. The van der Waals surface area contributed by atoms with Gasteiger partial charge in [-0.05, 0) is 42.8 Å². The van der Waals surface area contributed by atoms with Crippen molar-refractivity contribution in [3.63, 3.8) is 0 Å². The maximum Gasteiger partial charge on any atom is 0.265 e. The van der Waals surface area contributed by atoms with Crippen molar-refractivity contribution >= 4 is 56.3 Å². The van der Waals surface area contributed by atoms with Crippen LogP contribution >= 0.6 is 22.9 Å². The van der Waals surface area contributed by atoms with Crippen molar-refractivity contribution in [2.45, 2.75) is 20.4 Å². The van der Waals surface area contributed by atoms with Crippen LogP contribution in [0.15, 0.2) is 48.5 Å². The van der Waals surface area contributed by atoms with Crippen LogP contribution in [-0.2, 0) is 11.3 Å². The van der Waals surface area contributed by atoms with Crippen LogP contribution in [-0.4, -0.2) is 28.7 Å². The summed E-state index contributed by atoms with van der Waals surface area (Å²) in [6.07, 6.45) is 0. The van der Waals surface area contributed by atoms with Gasteiger partial charge in [0.1, 0.15) is 10.6 Å². The second kappa shape index (κ2) is 9.02. The molecule has 0 aliphatic carbocycles. The number of fused-ring (bicyclic) bond motifs is 1. The fraction of sp³-hybridized carbons (Fsp3) is 0.174. The van der Waals surface area contributed by atoms with Crippen LogP contribution in [0.25, 0.3) is 10.2 Å². The number of aromatic nitrogens is 2. The number of nitrogens with one attached hydrogen (secondary N) is 2. The third-order valence-electron chi connectivity index (χ3n) is 4.85. The van der Waals surface area contributed by atoms with E-state index in [9.17, 15) is 9.59 Å². The zero-order valence-electron chi connectivity index (χ0n) is 17.7. The first-order chi connectivity index (χ1) is 15.3. The molecule has 0 radical (unpaired) electrons. The van der Waals surface area contributed by atoms with E-state index in [0.717, 1.165) is 21.5 Å². The van der Waals surface area contributed by atoms with Crippen molar-refractivity contribution in [2.24, 2.45) is 0 Å². The first-order valence-corrected chi connectivity index (χ1v) is 11.0. The number of hydrogen-bond acceptors (Lipinski definition) is 5. The number of ether oxygens (including phenoxy) is 1. The number of anilines is 2. The molecule has 2 aromatic carbocycles. The Kier molecular flexibility index (Phi) is 6.16. The van der Waals surface area contributed by atoms with E-state index in [1.165, 1.54) is 25.4 Å². The summed E-state index contributed by atoms with van der Waals surface area (Å²) >= 11 is 7.37. The number of rotatable bonds is 6. The number of carbonyl (C=O) groups excluding carboxylic acids is 2. The molecule has 2 amide bonds. The Labute approximate surface area is 194 Å². The molecule has 0 unspecified atom stereocenters. The molecule has 9 heteroatoms. The van der Waals surface area contributed by atoms with Crippen molar-refractivity contribution in [3.8, 4) is 5.75 Å². The second-order valence-corrected chi connectivity index (χ2v) is 8.72. The summed E-state index contributed by atoms with van der Waals surface area (Å²) in [5.74, 6) is 0.0372. The molecule has 0 atom stereocenters. The predicted octanol–water partition coefficient (Wildman–Crippen LogP) is 5.33. The molecule has 2 N–H and O–H groups in total. The number of thiophene rings is 1. The fourth-order valence-electron chi connectivity index (χ4n) is 3.35. The average Bonchev–Trinajstić information content (AvgIpc) is 3.32. The lowest BCUT2D eigenvalue weighted by Gasteiger charge is -2.11. The maximum atomic E-state index is 12.9. The zero-order valence-corrected chi connectivity index (χ0v) is 19.3. The van der Waals surface area contributed by atoms with Gasteiger partial charge in [0.2, 0.25) is 5.91 Å². The van der Waals surface area contributed by atoms with Gasteiger partial charge in [0.15, 0.2) is 0 Å². The molecule has 164 valence electrons. The van der Waals surface area contributed by atoms with Crippen molar-refractivity contribution in [1.82, 2.24) is 9.78 Å². The van der Waals surface area contributed by atoms with E-state index in [4.69, 9.17) is 16.3 Å². The summed E-state index contributed by atoms with van der Waals surface area (Å²) < 4.78 is 7.23. The lowest BCUT2D eigenvalue weighted by Crippen LogP contribution is -2.11. The van der Waals surface area contributed by atoms with Gasteiger partial charge < -0.3 is 15.4 Å². The van der Waals surface area contributed by atoms with Gasteiger partial charge in [0.25, 0.3) is 5.91 Å². The molecule has 32 heavy (non-hydrogen) atoms. The molecule has 0 spiro atoms. The molecule has 0 aliphatic heterocycles. The van der Waals surface area contributed by atoms with E-state index < -0.39 is 0 Å². The van der Waals surface area contributed by atoms with Crippen LogP contribution in [0.2, 0.25) is 5.02 Å². The Balaban J connectivity index is 1.56. The molecule has 0 bridgehead atoms. The molecule has 4 aromatic rings. The van der Waals surface area contributed by atoms with Gasteiger partial charge in [-0.2, -0.15) is 5.10 Å². The third kappa shape index (κ3) is 4.61. The number of nitrogens with zero attached hydrogens (tertiary/aromatic N) is 2. The third-order valence-corrected chi connectivity index (χ3v) is 6.25. The topological polar surface area (TPSA) is 85.2 Å². The summed E-state index contributed by atoms with van der Waals surface area (Å²) in [4.78, 5) is 25.7. The van der Waals surface area contributed by atoms with Gasteiger partial charge in [-0.1, -0.05) is 23.7 Å². The first-order valence-electron chi connectivity index (χ1n) is 9.82. The molecule has 7 nitrogen and oxygen atoms in total. The lowest BCUT2D eigenvalue weighted by molar-refractivity contribution is -0.114. The smallest absolute Gasteiger partial charge is 0.265 e. The number of hydrogen-bond donors (Lipinski definition) is 2. The summed E-state index contributed by atoms with van der Waals surface area (Å²) in [5.41, 5.74) is 3.05. The first kappa shape index (κ1) is 21.9. The van der Waals surface area contributed by atoms with Crippen LogP contribution in [0.1, 0.15) is 27.9 Å². The predicted molar refractivity (Wildman–Crippen MR) is 128 cm³/mol. The van der Waals surface area contributed by atoms with E-state index in [1.54, 1.807) is 18.2 Å². The minimum Gasteiger partial charge on any atom is -0.494 e. The highest BCUT2D eigenvalue weighted by Crippen LogP contribution is 2.31. The van der Waals surface area contributed by atoms with Gasteiger partial charge in [-0.3, -0.25) is 14.3 Å². The number of carbonyl (C=O) groups is 2. The van der Waals surface area contributed by atoms with E-state index in [1.807, 2.05) is 41.9 Å². The summed E-state index contributed by atoms with van der Waals surface area (Å²) in [5, 5.41) is 11.8. The lowest BCUT2D eigenvalue weighted by atomic mass is 10.2. The molecule has 0 fully saturated rings. The molecule has 0 saturated carbocycles. The monoisotopic (exact) mass is 468 g/mol. The van der Waals surface area contributed by atoms with E-state index in [2.05, 4.69) is 15.7 Å². The average molecular weight is 469 g/mol. The van der Waals surface area contributed by atoms with Gasteiger partial charge >= 0.3 is 0 Å². The molecule has 0 saturated heterocycles. The summed E-state index contributed by atoms with van der Waals surface area (Å²) in [7, 11) is 1.51. The Morgan fingerprint density at radius 2 is 1.88 bits per heavy atom. The quantitative estimate of drug-likeness (QED) is 0.400. The van der Waals surface area contributed by atoms with Gasteiger partial charge in [0, 0.05) is 29.1 Å². The number of benzene rings is 2. The Morgan fingerprint density at radius 1 is 1.12 bits per heavy atom. The van der Waals surface area contributed by atoms with Crippen molar-refractivity contribution < 1.29 is 14.3 Å². The van der Waals surface area contributed by atoms with Crippen LogP contribution in [0.3, 0.4) is 0 Å². The minimum atomic E-state index is -0.224. The van der Waals surface area contributed by atoms with E-state index >= 15 is 0 Å². The molecule has 4 rings (SSSR count). The van der Waals surface area contributed by atoms with Crippen molar-refractivity contribution in [1.29, 1.82) is 0 Å². The van der Waals surface area contributed by atoms with Gasteiger partial charge in [-0.15, -0.1) is 11.3 Å². The highest BCUT2D eigenvalue weighted by Gasteiger charge is 2.17.